The minimum atomic E-state index is -0.0181. The van der Waals surface area contributed by atoms with Crippen LogP contribution < -0.4 is 5.32 Å². The lowest BCUT2D eigenvalue weighted by atomic mass is 10.1. The minimum absolute atomic E-state index is 0.0181. The van der Waals surface area contributed by atoms with Crippen LogP contribution in [0.5, 0.6) is 0 Å². The van der Waals surface area contributed by atoms with Crippen molar-refractivity contribution in [1.82, 2.24) is 19.9 Å². The summed E-state index contributed by atoms with van der Waals surface area (Å²) >= 11 is 0. The van der Waals surface area contributed by atoms with Gasteiger partial charge in [-0.25, -0.2) is 9.97 Å². The summed E-state index contributed by atoms with van der Waals surface area (Å²) in [6, 6.07) is 3.56. The molecule has 0 saturated heterocycles. The standard InChI is InChI=1S/C15H17N5O/c1-11-17-8-12-4-7-20(9-14(12)18-11)10-15(21)19-13-2-5-16-6-3-13/h2-3,5-6,8H,4,7,9-10H2,1H3,(H,16,19,21). The molecule has 0 radical (unpaired) electrons. The molecule has 0 unspecified atom stereocenters. The van der Waals surface area contributed by atoms with E-state index in [1.165, 1.54) is 5.56 Å². The lowest BCUT2D eigenvalue weighted by Gasteiger charge is -2.27. The number of nitrogens with zero attached hydrogens (tertiary/aromatic N) is 4. The van der Waals surface area contributed by atoms with Crippen molar-refractivity contribution in [3.8, 4) is 0 Å². The zero-order valence-corrected chi connectivity index (χ0v) is 11.9. The molecule has 1 N–H and O–H groups in total. The first-order valence-electron chi connectivity index (χ1n) is 6.94. The monoisotopic (exact) mass is 283 g/mol. The van der Waals surface area contributed by atoms with Gasteiger partial charge in [-0.05, 0) is 31.0 Å². The molecule has 1 aliphatic rings. The molecule has 2 aromatic heterocycles. The van der Waals surface area contributed by atoms with Gasteiger partial charge in [-0.2, -0.15) is 0 Å². The van der Waals surface area contributed by atoms with Gasteiger partial charge in [0.15, 0.2) is 0 Å². The molecule has 21 heavy (non-hydrogen) atoms. The molecule has 0 bridgehead atoms. The molecule has 1 aliphatic heterocycles. The Labute approximate surface area is 123 Å². The third kappa shape index (κ3) is 3.41. The minimum Gasteiger partial charge on any atom is -0.325 e. The Kier molecular flexibility index (Phi) is 3.87. The van der Waals surface area contributed by atoms with E-state index in [0.717, 1.165) is 30.2 Å². The molecule has 0 aromatic carbocycles. The summed E-state index contributed by atoms with van der Waals surface area (Å²) in [4.78, 5) is 26.8. The number of amides is 1. The maximum Gasteiger partial charge on any atom is 0.238 e. The number of pyridine rings is 1. The smallest absolute Gasteiger partial charge is 0.238 e. The molecular weight excluding hydrogens is 266 g/mol. The van der Waals surface area contributed by atoms with Gasteiger partial charge in [0.25, 0.3) is 0 Å². The first kappa shape index (κ1) is 13.6. The summed E-state index contributed by atoms with van der Waals surface area (Å²) in [7, 11) is 0. The fraction of sp³-hybridized carbons (Fsp3) is 0.333. The highest BCUT2D eigenvalue weighted by Crippen LogP contribution is 2.16. The average molecular weight is 283 g/mol. The normalized spacial score (nSPS) is 14.5. The molecule has 6 nitrogen and oxygen atoms in total. The van der Waals surface area contributed by atoms with Crippen LogP contribution in [0.15, 0.2) is 30.7 Å². The van der Waals surface area contributed by atoms with Crippen LogP contribution in [0.1, 0.15) is 17.1 Å². The van der Waals surface area contributed by atoms with E-state index in [1.807, 2.05) is 13.1 Å². The summed E-state index contributed by atoms with van der Waals surface area (Å²) in [5.41, 5.74) is 2.99. The van der Waals surface area contributed by atoms with Crippen LogP contribution >= 0.6 is 0 Å². The van der Waals surface area contributed by atoms with Gasteiger partial charge < -0.3 is 5.32 Å². The van der Waals surface area contributed by atoms with Crippen LogP contribution in [0.25, 0.3) is 0 Å². The highest BCUT2D eigenvalue weighted by Gasteiger charge is 2.19. The van der Waals surface area contributed by atoms with Crippen LogP contribution in [0.4, 0.5) is 5.69 Å². The van der Waals surface area contributed by atoms with E-state index in [1.54, 1.807) is 24.5 Å². The van der Waals surface area contributed by atoms with Gasteiger partial charge in [0.1, 0.15) is 5.82 Å². The van der Waals surface area contributed by atoms with Crippen LogP contribution in [-0.2, 0) is 17.8 Å². The summed E-state index contributed by atoms with van der Waals surface area (Å²) in [5, 5.41) is 2.87. The molecule has 2 aromatic rings. The predicted octanol–water partition coefficient (Wildman–Crippen LogP) is 1.18. The van der Waals surface area contributed by atoms with Gasteiger partial charge in [-0.15, -0.1) is 0 Å². The Bertz CT molecular complexity index is 644. The Hall–Kier alpha value is -2.34. The molecule has 0 aliphatic carbocycles. The number of hydrogen-bond donors (Lipinski definition) is 1. The van der Waals surface area contributed by atoms with Crippen molar-refractivity contribution in [2.24, 2.45) is 0 Å². The van der Waals surface area contributed by atoms with Crippen molar-refractivity contribution < 1.29 is 4.79 Å². The zero-order valence-electron chi connectivity index (χ0n) is 11.9. The molecule has 108 valence electrons. The van der Waals surface area contributed by atoms with Gasteiger partial charge in [0.05, 0.1) is 12.2 Å². The van der Waals surface area contributed by atoms with E-state index < -0.39 is 0 Å². The number of rotatable bonds is 3. The number of aromatic nitrogens is 3. The fourth-order valence-electron chi connectivity index (χ4n) is 2.43. The highest BCUT2D eigenvalue weighted by molar-refractivity contribution is 5.92. The third-order valence-electron chi connectivity index (χ3n) is 3.48. The molecule has 1 amide bonds. The topological polar surface area (TPSA) is 71.0 Å². The highest BCUT2D eigenvalue weighted by atomic mass is 16.2. The van der Waals surface area contributed by atoms with Crippen molar-refractivity contribution >= 4 is 11.6 Å². The summed E-state index contributed by atoms with van der Waals surface area (Å²) in [5.74, 6) is 0.757. The van der Waals surface area contributed by atoms with Gasteiger partial charge in [-0.1, -0.05) is 0 Å². The van der Waals surface area contributed by atoms with Crippen molar-refractivity contribution in [2.75, 3.05) is 18.4 Å². The number of nitrogens with one attached hydrogen (secondary N) is 1. The van der Waals surface area contributed by atoms with Gasteiger partial charge in [0.2, 0.25) is 5.91 Å². The SMILES string of the molecule is Cc1ncc2c(n1)CN(CC(=O)Nc1ccncc1)CC2. The number of hydrogen-bond acceptors (Lipinski definition) is 5. The lowest BCUT2D eigenvalue weighted by molar-refractivity contribution is -0.117. The quantitative estimate of drug-likeness (QED) is 0.915. The largest absolute Gasteiger partial charge is 0.325 e. The first-order chi connectivity index (χ1) is 10.2. The van der Waals surface area contributed by atoms with Crippen LogP contribution in [0.3, 0.4) is 0 Å². The van der Waals surface area contributed by atoms with Gasteiger partial charge in [0, 0.05) is 37.4 Å². The Morgan fingerprint density at radius 2 is 2.19 bits per heavy atom. The molecule has 3 heterocycles. The molecule has 0 fully saturated rings. The fourth-order valence-corrected chi connectivity index (χ4v) is 2.43. The number of fused-ring (bicyclic) bond motifs is 1. The summed E-state index contributed by atoms with van der Waals surface area (Å²) < 4.78 is 0. The summed E-state index contributed by atoms with van der Waals surface area (Å²) in [6.45, 7) is 3.80. The lowest BCUT2D eigenvalue weighted by Crippen LogP contribution is -2.37. The molecule has 3 rings (SSSR count). The average Bonchev–Trinajstić information content (AvgIpc) is 2.47. The second-order valence-corrected chi connectivity index (χ2v) is 5.13. The van der Waals surface area contributed by atoms with E-state index >= 15 is 0 Å². The predicted molar refractivity (Wildman–Crippen MR) is 78.6 cm³/mol. The van der Waals surface area contributed by atoms with Crippen LogP contribution in [0.2, 0.25) is 0 Å². The van der Waals surface area contributed by atoms with Crippen LogP contribution in [0, 0.1) is 6.92 Å². The second kappa shape index (κ2) is 5.97. The summed E-state index contributed by atoms with van der Waals surface area (Å²) in [6.07, 6.45) is 6.10. The van der Waals surface area contributed by atoms with Crippen molar-refractivity contribution in [3.05, 3.63) is 47.8 Å². The van der Waals surface area contributed by atoms with Crippen LogP contribution in [-0.4, -0.2) is 38.8 Å². The third-order valence-corrected chi connectivity index (χ3v) is 3.48. The van der Waals surface area contributed by atoms with E-state index in [2.05, 4.69) is 25.2 Å². The van der Waals surface area contributed by atoms with E-state index in [-0.39, 0.29) is 5.91 Å². The number of aryl methyl sites for hydroxylation is 1. The van der Waals surface area contributed by atoms with E-state index in [9.17, 15) is 4.79 Å². The molecule has 0 saturated carbocycles. The number of carbonyl (C=O) groups excluding carboxylic acids is 1. The van der Waals surface area contributed by atoms with E-state index in [4.69, 9.17) is 0 Å². The van der Waals surface area contributed by atoms with E-state index in [0.29, 0.717) is 13.1 Å². The van der Waals surface area contributed by atoms with Gasteiger partial charge in [-0.3, -0.25) is 14.7 Å². The number of carbonyl (C=O) groups is 1. The maximum absolute atomic E-state index is 12.1. The molecule has 0 spiro atoms. The molecular formula is C15H17N5O. The maximum atomic E-state index is 12.1. The van der Waals surface area contributed by atoms with Crippen molar-refractivity contribution in [3.63, 3.8) is 0 Å². The van der Waals surface area contributed by atoms with Crippen molar-refractivity contribution in [2.45, 2.75) is 19.9 Å². The Morgan fingerprint density at radius 3 is 3.00 bits per heavy atom. The number of anilines is 1. The molecule has 6 heteroatoms. The van der Waals surface area contributed by atoms with Crippen molar-refractivity contribution in [1.29, 1.82) is 0 Å². The Balaban J connectivity index is 1.60. The second-order valence-electron chi connectivity index (χ2n) is 5.13. The Morgan fingerprint density at radius 1 is 1.38 bits per heavy atom. The zero-order chi connectivity index (χ0) is 14.7. The molecule has 0 atom stereocenters. The first-order valence-corrected chi connectivity index (χ1v) is 6.94. The van der Waals surface area contributed by atoms with Gasteiger partial charge >= 0.3 is 0 Å².